The van der Waals surface area contributed by atoms with E-state index in [0.717, 1.165) is 5.56 Å². The van der Waals surface area contributed by atoms with Crippen LogP contribution in [0.5, 0.6) is 0 Å². The standard InChI is InChI=1S/C16H23N3O3/c1-10(2)18-15(20)13-8-12(5-4-11(13)3)19-16(21)14-9-22-7-6-17-14/h4-5,8,10,14,17H,6-7,9H2,1-3H3,(H,18,20)(H,19,21). The number of hydrogen-bond donors (Lipinski definition) is 3. The van der Waals surface area contributed by atoms with Crippen molar-refractivity contribution >= 4 is 17.5 Å². The highest BCUT2D eigenvalue weighted by molar-refractivity contribution is 5.99. The Labute approximate surface area is 130 Å². The fourth-order valence-electron chi connectivity index (χ4n) is 2.25. The molecule has 1 aliphatic heterocycles. The molecule has 1 aliphatic rings. The first-order valence-electron chi connectivity index (χ1n) is 7.51. The number of benzene rings is 1. The summed E-state index contributed by atoms with van der Waals surface area (Å²) in [5, 5.41) is 8.78. The van der Waals surface area contributed by atoms with Gasteiger partial charge in [0.15, 0.2) is 0 Å². The summed E-state index contributed by atoms with van der Waals surface area (Å²) >= 11 is 0. The van der Waals surface area contributed by atoms with Crippen LogP contribution in [0.2, 0.25) is 0 Å². The summed E-state index contributed by atoms with van der Waals surface area (Å²) in [6, 6.07) is 5.03. The lowest BCUT2D eigenvalue weighted by Gasteiger charge is -2.23. The largest absolute Gasteiger partial charge is 0.378 e. The van der Waals surface area contributed by atoms with Gasteiger partial charge in [0.2, 0.25) is 5.91 Å². The van der Waals surface area contributed by atoms with Gasteiger partial charge in [0.25, 0.3) is 5.91 Å². The summed E-state index contributed by atoms with van der Waals surface area (Å²) in [4.78, 5) is 24.3. The Morgan fingerprint density at radius 2 is 2.14 bits per heavy atom. The summed E-state index contributed by atoms with van der Waals surface area (Å²) in [6.45, 7) is 7.33. The molecule has 1 heterocycles. The number of amides is 2. The smallest absolute Gasteiger partial charge is 0.251 e. The Morgan fingerprint density at radius 1 is 1.36 bits per heavy atom. The number of carbonyl (C=O) groups is 2. The van der Waals surface area contributed by atoms with E-state index in [4.69, 9.17) is 4.74 Å². The van der Waals surface area contributed by atoms with Crippen molar-refractivity contribution in [1.82, 2.24) is 10.6 Å². The van der Waals surface area contributed by atoms with Crippen LogP contribution in [0.25, 0.3) is 0 Å². The molecular weight excluding hydrogens is 282 g/mol. The van der Waals surface area contributed by atoms with E-state index in [0.29, 0.717) is 31.0 Å². The van der Waals surface area contributed by atoms with Gasteiger partial charge in [-0.3, -0.25) is 9.59 Å². The molecule has 0 saturated carbocycles. The van der Waals surface area contributed by atoms with Gasteiger partial charge < -0.3 is 20.7 Å². The zero-order chi connectivity index (χ0) is 16.1. The number of hydrogen-bond acceptors (Lipinski definition) is 4. The summed E-state index contributed by atoms with van der Waals surface area (Å²) < 4.78 is 5.28. The lowest BCUT2D eigenvalue weighted by atomic mass is 10.1. The third-order valence-electron chi connectivity index (χ3n) is 3.41. The van der Waals surface area contributed by atoms with Gasteiger partial charge in [-0.2, -0.15) is 0 Å². The van der Waals surface area contributed by atoms with Gasteiger partial charge in [-0.15, -0.1) is 0 Å². The van der Waals surface area contributed by atoms with Crippen molar-refractivity contribution in [3.63, 3.8) is 0 Å². The predicted molar refractivity (Wildman–Crippen MR) is 85.0 cm³/mol. The molecule has 1 atom stereocenters. The fraction of sp³-hybridized carbons (Fsp3) is 0.500. The third kappa shape index (κ3) is 4.29. The molecule has 1 aromatic carbocycles. The number of carbonyl (C=O) groups excluding carboxylic acids is 2. The second-order valence-electron chi connectivity index (χ2n) is 5.73. The first kappa shape index (κ1) is 16.5. The molecule has 0 radical (unpaired) electrons. The number of rotatable bonds is 4. The maximum atomic E-state index is 12.2. The molecule has 1 saturated heterocycles. The van der Waals surface area contributed by atoms with Crippen molar-refractivity contribution in [2.75, 3.05) is 25.1 Å². The molecule has 2 amide bonds. The Morgan fingerprint density at radius 3 is 2.77 bits per heavy atom. The number of anilines is 1. The zero-order valence-corrected chi connectivity index (χ0v) is 13.2. The zero-order valence-electron chi connectivity index (χ0n) is 13.2. The minimum Gasteiger partial charge on any atom is -0.378 e. The number of morpholine rings is 1. The highest BCUT2D eigenvalue weighted by Gasteiger charge is 2.21. The molecule has 6 heteroatoms. The first-order valence-corrected chi connectivity index (χ1v) is 7.51. The molecule has 6 nitrogen and oxygen atoms in total. The van der Waals surface area contributed by atoms with Crippen LogP contribution in [-0.4, -0.2) is 43.7 Å². The van der Waals surface area contributed by atoms with Crippen LogP contribution in [0.3, 0.4) is 0 Å². The monoisotopic (exact) mass is 305 g/mol. The summed E-state index contributed by atoms with van der Waals surface area (Å²) in [6.07, 6.45) is 0. The van der Waals surface area contributed by atoms with Crippen LogP contribution >= 0.6 is 0 Å². The van der Waals surface area contributed by atoms with Gasteiger partial charge in [-0.25, -0.2) is 0 Å². The van der Waals surface area contributed by atoms with Crippen molar-refractivity contribution < 1.29 is 14.3 Å². The molecule has 1 fully saturated rings. The van der Waals surface area contributed by atoms with Crippen molar-refractivity contribution in [1.29, 1.82) is 0 Å². The average Bonchev–Trinajstić information content (AvgIpc) is 2.49. The van der Waals surface area contributed by atoms with E-state index in [1.807, 2.05) is 26.8 Å². The molecule has 0 aromatic heterocycles. The number of aryl methyl sites for hydroxylation is 1. The molecule has 3 N–H and O–H groups in total. The van der Waals surface area contributed by atoms with Gasteiger partial charge in [-0.1, -0.05) is 6.07 Å². The number of ether oxygens (including phenoxy) is 1. The van der Waals surface area contributed by atoms with E-state index in [1.165, 1.54) is 0 Å². The number of nitrogens with one attached hydrogen (secondary N) is 3. The van der Waals surface area contributed by atoms with Gasteiger partial charge in [0.1, 0.15) is 6.04 Å². The normalized spacial score (nSPS) is 18.1. The molecular formula is C16H23N3O3. The Kier molecular flexibility index (Phi) is 5.51. The van der Waals surface area contributed by atoms with Crippen LogP contribution in [0.4, 0.5) is 5.69 Å². The maximum Gasteiger partial charge on any atom is 0.251 e. The van der Waals surface area contributed by atoms with E-state index < -0.39 is 0 Å². The van der Waals surface area contributed by atoms with E-state index in [9.17, 15) is 9.59 Å². The molecule has 1 unspecified atom stereocenters. The highest BCUT2D eigenvalue weighted by atomic mass is 16.5. The third-order valence-corrected chi connectivity index (χ3v) is 3.41. The van der Waals surface area contributed by atoms with Crippen molar-refractivity contribution in [2.24, 2.45) is 0 Å². The van der Waals surface area contributed by atoms with Crippen molar-refractivity contribution in [2.45, 2.75) is 32.9 Å². The molecule has 2 rings (SSSR count). The molecule has 120 valence electrons. The van der Waals surface area contributed by atoms with E-state index in [-0.39, 0.29) is 23.9 Å². The van der Waals surface area contributed by atoms with E-state index in [2.05, 4.69) is 16.0 Å². The second-order valence-corrected chi connectivity index (χ2v) is 5.73. The first-order chi connectivity index (χ1) is 10.5. The van der Waals surface area contributed by atoms with Crippen LogP contribution < -0.4 is 16.0 Å². The highest BCUT2D eigenvalue weighted by Crippen LogP contribution is 2.16. The lowest BCUT2D eigenvalue weighted by Crippen LogP contribution is -2.48. The lowest BCUT2D eigenvalue weighted by molar-refractivity contribution is -0.120. The van der Waals surface area contributed by atoms with Crippen LogP contribution in [-0.2, 0) is 9.53 Å². The molecule has 0 bridgehead atoms. The fourth-order valence-corrected chi connectivity index (χ4v) is 2.25. The topological polar surface area (TPSA) is 79.5 Å². The van der Waals surface area contributed by atoms with Gasteiger partial charge in [0, 0.05) is 23.8 Å². The van der Waals surface area contributed by atoms with E-state index in [1.54, 1.807) is 12.1 Å². The summed E-state index contributed by atoms with van der Waals surface area (Å²) in [5.74, 6) is -0.290. The molecule has 0 aliphatic carbocycles. The Hall–Kier alpha value is -1.92. The van der Waals surface area contributed by atoms with Crippen LogP contribution in [0.15, 0.2) is 18.2 Å². The molecule has 1 aromatic rings. The minimum atomic E-state index is -0.358. The Bertz CT molecular complexity index is 552. The van der Waals surface area contributed by atoms with E-state index >= 15 is 0 Å². The molecule has 0 spiro atoms. The maximum absolute atomic E-state index is 12.2. The quantitative estimate of drug-likeness (QED) is 0.777. The van der Waals surface area contributed by atoms with Crippen molar-refractivity contribution in [3.8, 4) is 0 Å². The molecule has 22 heavy (non-hydrogen) atoms. The van der Waals surface area contributed by atoms with Crippen molar-refractivity contribution in [3.05, 3.63) is 29.3 Å². The van der Waals surface area contributed by atoms with Crippen LogP contribution in [0.1, 0.15) is 29.8 Å². The van der Waals surface area contributed by atoms with Gasteiger partial charge >= 0.3 is 0 Å². The SMILES string of the molecule is Cc1ccc(NC(=O)C2COCCN2)cc1C(=O)NC(C)C. The Balaban J connectivity index is 2.08. The second kappa shape index (κ2) is 7.38. The summed E-state index contributed by atoms with van der Waals surface area (Å²) in [7, 11) is 0. The van der Waals surface area contributed by atoms with Gasteiger partial charge in [0.05, 0.1) is 13.2 Å². The predicted octanol–water partition coefficient (Wildman–Crippen LogP) is 1.06. The summed E-state index contributed by atoms with van der Waals surface area (Å²) in [5.41, 5.74) is 2.05. The minimum absolute atomic E-state index is 0.0636. The van der Waals surface area contributed by atoms with Gasteiger partial charge in [-0.05, 0) is 38.5 Å². The average molecular weight is 305 g/mol. The van der Waals surface area contributed by atoms with Crippen LogP contribution in [0, 0.1) is 6.92 Å².